The van der Waals surface area contributed by atoms with Gasteiger partial charge in [-0.2, -0.15) is 0 Å². The Labute approximate surface area is 127 Å². The molecular formula is C17H26N2O2. The highest BCUT2D eigenvalue weighted by Gasteiger charge is 2.27. The number of carbonyl (C=O) groups excluding carboxylic acids is 1. The van der Waals surface area contributed by atoms with E-state index in [0.29, 0.717) is 6.42 Å². The minimum absolute atomic E-state index is 0.0789. The number of hydrogen-bond donors (Lipinski definition) is 0. The molecular weight excluding hydrogens is 264 g/mol. The second-order valence-electron chi connectivity index (χ2n) is 5.52. The zero-order valence-electron chi connectivity index (χ0n) is 13.1. The molecule has 0 radical (unpaired) electrons. The van der Waals surface area contributed by atoms with E-state index in [4.69, 9.17) is 4.74 Å². The SMILES string of the molecule is CCN(CCC(OC)N1CCCC1=O)Cc1ccccc1. The van der Waals surface area contributed by atoms with Crippen LogP contribution in [0.15, 0.2) is 30.3 Å². The topological polar surface area (TPSA) is 32.8 Å². The molecule has 4 heteroatoms. The lowest BCUT2D eigenvalue weighted by molar-refractivity contribution is -0.139. The summed E-state index contributed by atoms with van der Waals surface area (Å²) in [5.74, 6) is 0.230. The van der Waals surface area contributed by atoms with Crippen LogP contribution in [0.3, 0.4) is 0 Å². The number of rotatable bonds is 8. The van der Waals surface area contributed by atoms with Crippen LogP contribution in [0.2, 0.25) is 0 Å². The van der Waals surface area contributed by atoms with Crippen molar-refractivity contribution >= 4 is 5.91 Å². The lowest BCUT2D eigenvalue weighted by Gasteiger charge is -2.29. The smallest absolute Gasteiger partial charge is 0.224 e. The third kappa shape index (κ3) is 4.55. The van der Waals surface area contributed by atoms with Crippen LogP contribution < -0.4 is 0 Å². The highest BCUT2D eigenvalue weighted by molar-refractivity contribution is 5.78. The number of nitrogens with zero attached hydrogens (tertiary/aromatic N) is 2. The van der Waals surface area contributed by atoms with Crippen molar-refractivity contribution in [3.8, 4) is 0 Å². The molecule has 1 saturated heterocycles. The van der Waals surface area contributed by atoms with E-state index in [1.54, 1.807) is 7.11 Å². The maximum absolute atomic E-state index is 11.8. The van der Waals surface area contributed by atoms with Gasteiger partial charge in [0.05, 0.1) is 0 Å². The second-order valence-corrected chi connectivity index (χ2v) is 5.52. The van der Waals surface area contributed by atoms with Gasteiger partial charge in [-0.1, -0.05) is 37.3 Å². The molecule has 1 aromatic carbocycles. The Bertz CT molecular complexity index is 436. The van der Waals surface area contributed by atoms with Gasteiger partial charge in [0.15, 0.2) is 0 Å². The molecule has 116 valence electrons. The molecule has 1 atom stereocenters. The number of benzene rings is 1. The van der Waals surface area contributed by atoms with E-state index >= 15 is 0 Å². The fourth-order valence-electron chi connectivity index (χ4n) is 2.86. The van der Waals surface area contributed by atoms with Crippen molar-refractivity contribution in [2.75, 3.05) is 26.7 Å². The minimum atomic E-state index is -0.0789. The fourth-order valence-corrected chi connectivity index (χ4v) is 2.86. The van der Waals surface area contributed by atoms with E-state index in [1.165, 1.54) is 5.56 Å². The van der Waals surface area contributed by atoms with E-state index < -0.39 is 0 Å². The Balaban J connectivity index is 1.85. The summed E-state index contributed by atoms with van der Waals surface area (Å²) < 4.78 is 5.53. The Morgan fingerprint density at radius 2 is 2.10 bits per heavy atom. The van der Waals surface area contributed by atoms with Crippen LogP contribution in [-0.2, 0) is 16.1 Å². The number of amides is 1. The molecule has 1 unspecified atom stereocenters. The van der Waals surface area contributed by atoms with Crippen LogP contribution >= 0.6 is 0 Å². The van der Waals surface area contributed by atoms with Crippen molar-refractivity contribution in [3.63, 3.8) is 0 Å². The molecule has 0 spiro atoms. The first-order valence-corrected chi connectivity index (χ1v) is 7.83. The van der Waals surface area contributed by atoms with Gasteiger partial charge in [-0.3, -0.25) is 9.69 Å². The van der Waals surface area contributed by atoms with Crippen molar-refractivity contribution in [1.29, 1.82) is 0 Å². The van der Waals surface area contributed by atoms with Gasteiger partial charge in [0, 0.05) is 39.6 Å². The lowest BCUT2D eigenvalue weighted by atomic mass is 10.2. The van der Waals surface area contributed by atoms with E-state index in [2.05, 4.69) is 36.1 Å². The molecule has 1 fully saturated rings. The third-order valence-electron chi connectivity index (χ3n) is 4.12. The Hall–Kier alpha value is -1.39. The van der Waals surface area contributed by atoms with E-state index in [0.717, 1.165) is 39.0 Å². The zero-order valence-corrected chi connectivity index (χ0v) is 13.1. The van der Waals surface area contributed by atoms with Gasteiger partial charge in [0.2, 0.25) is 5.91 Å². The van der Waals surface area contributed by atoms with Crippen LogP contribution in [0.5, 0.6) is 0 Å². The van der Waals surface area contributed by atoms with E-state index in [9.17, 15) is 4.79 Å². The van der Waals surface area contributed by atoms with Crippen LogP contribution in [0.25, 0.3) is 0 Å². The molecule has 1 aromatic rings. The quantitative estimate of drug-likeness (QED) is 0.737. The molecule has 2 rings (SSSR count). The molecule has 1 amide bonds. The lowest BCUT2D eigenvalue weighted by Crippen LogP contribution is -2.40. The van der Waals surface area contributed by atoms with Gasteiger partial charge in [-0.15, -0.1) is 0 Å². The molecule has 21 heavy (non-hydrogen) atoms. The summed E-state index contributed by atoms with van der Waals surface area (Å²) in [5.41, 5.74) is 1.32. The monoisotopic (exact) mass is 290 g/mol. The Kier molecular flexibility index (Phi) is 6.21. The highest BCUT2D eigenvalue weighted by Crippen LogP contribution is 2.17. The molecule has 1 aliphatic rings. The summed E-state index contributed by atoms with van der Waals surface area (Å²) in [4.78, 5) is 16.1. The molecule has 4 nitrogen and oxygen atoms in total. The molecule has 0 bridgehead atoms. The van der Waals surface area contributed by atoms with Gasteiger partial charge in [0.25, 0.3) is 0 Å². The standard InChI is InChI=1S/C17H26N2O2/c1-3-18(14-15-8-5-4-6-9-15)13-11-17(21-2)19-12-7-10-16(19)20/h4-6,8-9,17H,3,7,10-14H2,1-2H3. The number of hydrogen-bond acceptors (Lipinski definition) is 3. The maximum atomic E-state index is 11.8. The average Bonchev–Trinajstić information content (AvgIpc) is 2.94. The van der Waals surface area contributed by atoms with Crippen LogP contribution in [-0.4, -0.2) is 48.7 Å². The molecule has 0 aromatic heterocycles. The van der Waals surface area contributed by atoms with Crippen molar-refractivity contribution in [3.05, 3.63) is 35.9 Å². The molecule has 0 saturated carbocycles. The van der Waals surface area contributed by atoms with Crippen molar-refractivity contribution in [2.24, 2.45) is 0 Å². The van der Waals surface area contributed by atoms with Crippen molar-refractivity contribution < 1.29 is 9.53 Å². The molecule has 1 heterocycles. The third-order valence-corrected chi connectivity index (χ3v) is 4.12. The predicted octanol–water partition coefficient (Wildman–Crippen LogP) is 2.49. The maximum Gasteiger partial charge on any atom is 0.224 e. The summed E-state index contributed by atoms with van der Waals surface area (Å²) in [7, 11) is 1.70. The Morgan fingerprint density at radius 1 is 1.33 bits per heavy atom. The van der Waals surface area contributed by atoms with E-state index in [1.807, 2.05) is 11.0 Å². The molecule has 0 aliphatic carbocycles. The summed E-state index contributed by atoms with van der Waals surface area (Å²) in [6, 6.07) is 10.5. The van der Waals surface area contributed by atoms with Crippen LogP contribution in [0.1, 0.15) is 31.7 Å². The van der Waals surface area contributed by atoms with Gasteiger partial charge in [-0.25, -0.2) is 0 Å². The van der Waals surface area contributed by atoms with Crippen LogP contribution in [0.4, 0.5) is 0 Å². The Morgan fingerprint density at radius 3 is 2.67 bits per heavy atom. The first kappa shape index (κ1) is 16.0. The van der Waals surface area contributed by atoms with Crippen molar-refractivity contribution in [2.45, 2.75) is 39.0 Å². The van der Waals surface area contributed by atoms with Gasteiger partial charge >= 0.3 is 0 Å². The average molecular weight is 290 g/mol. The predicted molar refractivity (Wildman–Crippen MR) is 83.8 cm³/mol. The first-order valence-electron chi connectivity index (χ1n) is 7.83. The summed E-state index contributed by atoms with van der Waals surface area (Å²) >= 11 is 0. The number of ether oxygens (including phenoxy) is 1. The second kappa shape index (κ2) is 8.15. The normalized spacial score (nSPS) is 16.7. The minimum Gasteiger partial charge on any atom is -0.361 e. The number of methoxy groups -OCH3 is 1. The zero-order chi connectivity index (χ0) is 15.1. The summed E-state index contributed by atoms with van der Waals surface area (Å²) in [6.45, 7) is 5.89. The van der Waals surface area contributed by atoms with Crippen LogP contribution in [0, 0.1) is 0 Å². The van der Waals surface area contributed by atoms with Gasteiger partial charge in [0.1, 0.15) is 6.23 Å². The number of carbonyl (C=O) groups is 1. The van der Waals surface area contributed by atoms with Crippen molar-refractivity contribution in [1.82, 2.24) is 9.80 Å². The first-order chi connectivity index (χ1) is 10.2. The van der Waals surface area contributed by atoms with Gasteiger partial charge < -0.3 is 9.64 Å². The largest absolute Gasteiger partial charge is 0.361 e. The fraction of sp³-hybridized carbons (Fsp3) is 0.588. The summed E-state index contributed by atoms with van der Waals surface area (Å²) in [5, 5.41) is 0. The number of likely N-dealkylation sites (tertiary alicyclic amines) is 1. The van der Waals surface area contributed by atoms with Gasteiger partial charge in [-0.05, 0) is 18.5 Å². The summed E-state index contributed by atoms with van der Waals surface area (Å²) in [6.07, 6.45) is 2.41. The van der Waals surface area contributed by atoms with E-state index in [-0.39, 0.29) is 12.1 Å². The highest BCUT2D eigenvalue weighted by atomic mass is 16.5. The molecule has 1 aliphatic heterocycles. The molecule has 0 N–H and O–H groups in total.